The summed E-state index contributed by atoms with van der Waals surface area (Å²) in [5.74, 6) is 0. The molecular formula is C11H9F3N4O4S. The number of aryl methyl sites for hydroxylation is 1. The van der Waals surface area contributed by atoms with E-state index in [1.165, 1.54) is 17.1 Å². The second kappa shape index (κ2) is 5.53. The molecule has 0 aliphatic carbocycles. The molecule has 2 rings (SSSR count). The minimum absolute atomic E-state index is 0.163. The van der Waals surface area contributed by atoms with E-state index < -0.39 is 30.9 Å². The van der Waals surface area contributed by atoms with Crippen molar-refractivity contribution in [3.05, 3.63) is 40.7 Å². The summed E-state index contributed by atoms with van der Waals surface area (Å²) in [6.45, 7) is 0. The van der Waals surface area contributed by atoms with Gasteiger partial charge in [0, 0.05) is 19.3 Å². The van der Waals surface area contributed by atoms with Gasteiger partial charge in [-0.1, -0.05) is 0 Å². The van der Waals surface area contributed by atoms with E-state index >= 15 is 0 Å². The number of nitrogens with one attached hydrogen (secondary N) is 1. The van der Waals surface area contributed by atoms with Gasteiger partial charge in [-0.25, -0.2) is 8.42 Å². The first-order valence-electron chi connectivity index (χ1n) is 5.88. The van der Waals surface area contributed by atoms with Gasteiger partial charge in [0.05, 0.1) is 21.7 Å². The van der Waals surface area contributed by atoms with Crippen LogP contribution in [0.1, 0.15) is 0 Å². The summed E-state index contributed by atoms with van der Waals surface area (Å²) >= 11 is 0. The predicted molar refractivity (Wildman–Crippen MR) is 72.8 cm³/mol. The number of hydrogen-bond donors (Lipinski definition) is 1. The van der Waals surface area contributed by atoms with Crippen molar-refractivity contribution in [1.29, 1.82) is 0 Å². The Morgan fingerprint density at radius 3 is 2.48 bits per heavy atom. The first-order valence-corrected chi connectivity index (χ1v) is 7.36. The van der Waals surface area contributed by atoms with Crippen LogP contribution >= 0.6 is 0 Å². The lowest BCUT2D eigenvalue weighted by Gasteiger charge is -2.10. The van der Waals surface area contributed by atoms with Gasteiger partial charge in [-0.15, -0.1) is 0 Å². The van der Waals surface area contributed by atoms with Crippen LogP contribution in [-0.4, -0.2) is 28.6 Å². The lowest BCUT2D eigenvalue weighted by Crippen LogP contribution is -2.23. The van der Waals surface area contributed by atoms with Gasteiger partial charge in [0.25, 0.3) is 15.5 Å². The van der Waals surface area contributed by atoms with E-state index in [2.05, 4.69) is 10.4 Å². The quantitative estimate of drug-likeness (QED) is 0.670. The predicted octanol–water partition coefficient (Wildman–Crippen LogP) is 2.37. The summed E-state index contributed by atoms with van der Waals surface area (Å²) < 4.78 is 61.6. The summed E-state index contributed by atoms with van der Waals surface area (Å²) in [4.78, 5) is 8.84. The number of halogens is 3. The number of hydrogen-bond acceptors (Lipinski definition) is 6. The molecule has 1 heterocycles. The summed E-state index contributed by atoms with van der Waals surface area (Å²) in [6.07, 6.45) is 2.81. The molecule has 0 atom stereocenters. The monoisotopic (exact) mass is 350 g/mol. The fraction of sp³-hybridized carbons (Fsp3) is 0.182. The van der Waals surface area contributed by atoms with Crippen LogP contribution in [0.3, 0.4) is 0 Å². The van der Waals surface area contributed by atoms with Crippen molar-refractivity contribution >= 4 is 26.9 Å². The highest BCUT2D eigenvalue weighted by Crippen LogP contribution is 2.35. The minimum Gasteiger partial charge on any atom is -0.347 e. The van der Waals surface area contributed by atoms with Crippen LogP contribution in [0, 0.1) is 10.1 Å². The lowest BCUT2D eigenvalue weighted by atomic mass is 10.2. The van der Waals surface area contributed by atoms with Gasteiger partial charge in [-0.05, 0) is 12.1 Å². The molecule has 0 saturated heterocycles. The number of anilines is 2. The van der Waals surface area contributed by atoms with E-state index in [0.29, 0.717) is 17.8 Å². The maximum Gasteiger partial charge on any atom is 0.501 e. The van der Waals surface area contributed by atoms with E-state index in [4.69, 9.17) is 0 Å². The molecule has 12 heteroatoms. The van der Waals surface area contributed by atoms with Crippen molar-refractivity contribution < 1.29 is 26.5 Å². The van der Waals surface area contributed by atoms with E-state index in [-0.39, 0.29) is 5.69 Å². The zero-order chi connectivity index (χ0) is 17.4. The molecule has 0 amide bonds. The highest BCUT2D eigenvalue weighted by atomic mass is 32.2. The molecule has 1 N–H and O–H groups in total. The van der Waals surface area contributed by atoms with Gasteiger partial charge in [0.2, 0.25) is 0 Å². The number of nitrogens with zero attached hydrogens (tertiary/aromatic N) is 3. The first-order chi connectivity index (χ1) is 10.5. The van der Waals surface area contributed by atoms with Gasteiger partial charge in [-0.3, -0.25) is 14.8 Å². The molecule has 0 unspecified atom stereocenters. The van der Waals surface area contributed by atoms with Crippen LogP contribution < -0.4 is 5.32 Å². The first kappa shape index (κ1) is 16.7. The largest absolute Gasteiger partial charge is 0.501 e. The normalized spacial score (nSPS) is 12.2. The number of nitro groups is 1. The molecule has 0 saturated carbocycles. The molecule has 23 heavy (non-hydrogen) atoms. The minimum atomic E-state index is -5.67. The highest BCUT2D eigenvalue weighted by Gasteiger charge is 2.47. The van der Waals surface area contributed by atoms with Gasteiger partial charge in [0.15, 0.2) is 0 Å². The molecule has 1 aromatic carbocycles. The highest BCUT2D eigenvalue weighted by molar-refractivity contribution is 7.92. The molecule has 8 nitrogen and oxygen atoms in total. The Morgan fingerprint density at radius 1 is 1.35 bits per heavy atom. The smallest absolute Gasteiger partial charge is 0.347 e. The average molecular weight is 350 g/mol. The SMILES string of the molecule is Cn1cc(Nc2ccc(S(=O)(=O)C(F)(F)F)cc2[N+](=O)[O-])cn1. The Kier molecular flexibility index (Phi) is 4.03. The molecule has 0 aliphatic heterocycles. The Hall–Kier alpha value is -2.63. The lowest BCUT2D eigenvalue weighted by molar-refractivity contribution is -0.384. The summed E-state index contributed by atoms with van der Waals surface area (Å²) in [7, 11) is -4.07. The van der Waals surface area contributed by atoms with E-state index in [1.54, 1.807) is 7.05 Å². The number of aromatic nitrogens is 2. The topological polar surface area (TPSA) is 107 Å². The molecule has 2 aromatic rings. The van der Waals surface area contributed by atoms with E-state index in [1.807, 2.05) is 0 Å². The average Bonchev–Trinajstić information content (AvgIpc) is 2.82. The van der Waals surface area contributed by atoms with Crippen LogP contribution in [0.4, 0.5) is 30.2 Å². The fourth-order valence-electron chi connectivity index (χ4n) is 1.71. The van der Waals surface area contributed by atoms with Crippen molar-refractivity contribution in [3.8, 4) is 0 Å². The zero-order valence-corrected chi connectivity index (χ0v) is 12.2. The third-order valence-corrected chi connectivity index (χ3v) is 4.25. The van der Waals surface area contributed by atoms with Crippen molar-refractivity contribution in [2.45, 2.75) is 10.4 Å². The number of nitro benzene ring substituents is 1. The molecule has 1 aromatic heterocycles. The van der Waals surface area contributed by atoms with Crippen LogP contribution in [0.2, 0.25) is 0 Å². The molecule has 0 bridgehead atoms. The second-order valence-corrected chi connectivity index (χ2v) is 6.35. The third kappa shape index (κ3) is 3.26. The molecule has 0 spiro atoms. The maximum absolute atomic E-state index is 12.5. The van der Waals surface area contributed by atoms with Crippen LogP contribution in [0.25, 0.3) is 0 Å². The molecule has 0 aliphatic rings. The Morgan fingerprint density at radius 2 is 2.00 bits per heavy atom. The zero-order valence-electron chi connectivity index (χ0n) is 11.4. The summed E-state index contributed by atoms with van der Waals surface area (Å²) in [6, 6.07) is 1.90. The van der Waals surface area contributed by atoms with Crippen molar-refractivity contribution in [2.24, 2.45) is 7.05 Å². The van der Waals surface area contributed by atoms with Gasteiger partial charge >= 0.3 is 5.51 Å². The van der Waals surface area contributed by atoms with E-state index in [9.17, 15) is 31.7 Å². The molecule has 124 valence electrons. The molecular weight excluding hydrogens is 341 g/mol. The third-order valence-electron chi connectivity index (χ3n) is 2.76. The van der Waals surface area contributed by atoms with E-state index in [0.717, 1.165) is 6.07 Å². The maximum atomic E-state index is 12.5. The summed E-state index contributed by atoms with van der Waals surface area (Å²) in [5, 5.41) is 17.4. The number of alkyl halides is 3. The Labute approximate surface area is 127 Å². The molecule has 0 radical (unpaired) electrons. The van der Waals surface area contributed by atoms with Crippen molar-refractivity contribution in [2.75, 3.05) is 5.32 Å². The van der Waals surface area contributed by atoms with Gasteiger partial charge in [-0.2, -0.15) is 18.3 Å². The van der Waals surface area contributed by atoms with Crippen LogP contribution in [-0.2, 0) is 16.9 Å². The van der Waals surface area contributed by atoms with Gasteiger partial charge < -0.3 is 5.32 Å². The standard InChI is InChI=1S/C11H9F3N4O4S/c1-17-6-7(5-15-17)16-9-3-2-8(4-10(9)18(19)20)23(21,22)11(12,13)14/h2-6,16H,1H3. The summed E-state index contributed by atoms with van der Waals surface area (Å²) in [5.41, 5.74) is -6.16. The van der Waals surface area contributed by atoms with Crippen molar-refractivity contribution in [1.82, 2.24) is 9.78 Å². The van der Waals surface area contributed by atoms with Crippen LogP contribution in [0.15, 0.2) is 35.5 Å². The Bertz CT molecular complexity index is 860. The number of benzene rings is 1. The second-order valence-electron chi connectivity index (χ2n) is 4.41. The van der Waals surface area contributed by atoms with Crippen molar-refractivity contribution in [3.63, 3.8) is 0 Å². The fourth-order valence-corrected chi connectivity index (χ4v) is 2.49. The Balaban J connectivity index is 2.49. The number of rotatable bonds is 4. The van der Waals surface area contributed by atoms with Crippen LogP contribution in [0.5, 0.6) is 0 Å². The molecule has 0 fully saturated rings. The van der Waals surface area contributed by atoms with Gasteiger partial charge in [0.1, 0.15) is 5.69 Å². The number of sulfone groups is 1.